The summed E-state index contributed by atoms with van der Waals surface area (Å²) in [4.78, 5) is 29.1. The van der Waals surface area contributed by atoms with E-state index in [-0.39, 0.29) is 17.9 Å². The van der Waals surface area contributed by atoms with Crippen LogP contribution in [-0.2, 0) is 17.8 Å². The average molecular weight is 415 g/mol. The van der Waals surface area contributed by atoms with Gasteiger partial charge in [-0.15, -0.1) is 0 Å². The molecule has 0 saturated carbocycles. The summed E-state index contributed by atoms with van der Waals surface area (Å²) in [5.41, 5.74) is 5.49. The maximum absolute atomic E-state index is 12.9. The highest BCUT2D eigenvalue weighted by Crippen LogP contribution is 2.23. The molecular formula is C24H25N5O2. The molecule has 0 radical (unpaired) electrons. The number of hydrogen-bond donors (Lipinski definition) is 1. The van der Waals surface area contributed by atoms with Crippen LogP contribution in [0.15, 0.2) is 66.0 Å². The molecule has 0 atom stereocenters. The van der Waals surface area contributed by atoms with Crippen LogP contribution in [0.1, 0.15) is 23.1 Å². The first-order valence-electron chi connectivity index (χ1n) is 10.3. The quantitative estimate of drug-likeness (QED) is 0.503. The van der Waals surface area contributed by atoms with Gasteiger partial charge in [0.2, 0.25) is 5.91 Å². The summed E-state index contributed by atoms with van der Waals surface area (Å²) in [6, 6.07) is 11.8. The third-order valence-electron chi connectivity index (χ3n) is 5.30. The number of benzene rings is 1. The van der Waals surface area contributed by atoms with E-state index in [1.807, 2.05) is 44.2 Å². The van der Waals surface area contributed by atoms with Crippen molar-refractivity contribution >= 4 is 11.4 Å². The minimum absolute atomic E-state index is 0.0832. The lowest BCUT2D eigenvalue weighted by Gasteiger charge is -2.07. The van der Waals surface area contributed by atoms with Crippen LogP contribution in [0.4, 0.5) is 0 Å². The molecule has 0 aliphatic heterocycles. The molecule has 1 amide bonds. The molecular weight excluding hydrogens is 390 g/mol. The van der Waals surface area contributed by atoms with Crippen molar-refractivity contribution < 1.29 is 4.79 Å². The van der Waals surface area contributed by atoms with Gasteiger partial charge < -0.3 is 9.88 Å². The minimum Gasteiger partial charge on any atom is -0.356 e. The van der Waals surface area contributed by atoms with Gasteiger partial charge in [0.25, 0.3) is 5.56 Å². The number of carbonyl (C=O) groups excluding carboxylic acids is 1. The minimum atomic E-state index is -0.158. The van der Waals surface area contributed by atoms with Gasteiger partial charge in [-0.3, -0.25) is 14.6 Å². The van der Waals surface area contributed by atoms with Crippen molar-refractivity contribution in [1.82, 2.24) is 24.5 Å². The summed E-state index contributed by atoms with van der Waals surface area (Å²) in [6.07, 6.45) is 7.91. The third-order valence-corrected chi connectivity index (χ3v) is 5.30. The van der Waals surface area contributed by atoms with Crippen molar-refractivity contribution in [1.29, 1.82) is 0 Å². The number of pyridine rings is 1. The average Bonchev–Trinajstić information content (AvgIpc) is 3.19. The van der Waals surface area contributed by atoms with Gasteiger partial charge in [0, 0.05) is 49.9 Å². The molecule has 0 aliphatic carbocycles. The van der Waals surface area contributed by atoms with Crippen LogP contribution in [0.3, 0.4) is 0 Å². The van der Waals surface area contributed by atoms with Gasteiger partial charge in [-0.1, -0.05) is 29.8 Å². The monoisotopic (exact) mass is 415 g/mol. The van der Waals surface area contributed by atoms with Crippen LogP contribution in [0.5, 0.6) is 0 Å². The highest BCUT2D eigenvalue weighted by Gasteiger charge is 2.12. The maximum atomic E-state index is 12.9. The van der Waals surface area contributed by atoms with E-state index in [0.717, 1.165) is 28.8 Å². The highest BCUT2D eigenvalue weighted by molar-refractivity contribution is 5.75. The summed E-state index contributed by atoms with van der Waals surface area (Å²) < 4.78 is 3.16. The van der Waals surface area contributed by atoms with E-state index in [0.29, 0.717) is 18.6 Å². The Hall–Kier alpha value is -3.74. The smallest absolute Gasteiger partial charge is 0.276 e. The van der Waals surface area contributed by atoms with E-state index in [1.165, 1.54) is 5.56 Å². The number of aromatic nitrogens is 4. The molecule has 0 saturated heterocycles. The summed E-state index contributed by atoms with van der Waals surface area (Å²) in [5.74, 6) is -0.0832. The molecule has 3 heterocycles. The van der Waals surface area contributed by atoms with Gasteiger partial charge in [-0.2, -0.15) is 5.10 Å². The first-order chi connectivity index (χ1) is 15.0. The predicted molar refractivity (Wildman–Crippen MR) is 120 cm³/mol. The van der Waals surface area contributed by atoms with Gasteiger partial charge in [0.05, 0.1) is 5.69 Å². The molecule has 0 aliphatic rings. The normalized spacial score (nSPS) is 11.0. The lowest BCUT2D eigenvalue weighted by atomic mass is 10.0. The van der Waals surface area contributed by atoms with Crippen LogP contribution >= 0.6 is 0 Å². The van der Waals surface area contributed by atoms with E-state index in [2.05, 4.69) is 21.5 Å². The molecule has 0 fully saturated rings. The van der Waals surface area contributed by atoms with Gasteiger partial charge in [-0.05, 0) is 43.5 Å². The van der Waals surface area contributed by atoms with E-state index in [9.17, 15) is 9.59 Å². The molecule has 4 aromatic rings. The van der Waals surface area contributed by atoms with Crippen molar-refractivity contribution in [3.63, 3.8) is 0 Å². The largest absolute Gasteiger partial charge is 0.356 e. The number of nitrogens with one attached hydrogen (secondary N) is 1. The molecule has 0 unspecified atom stereocenters. The van der Waals surface area contributed by atoms with Gasteiger partial charge in [-0.25, -0.2) is 4.52 Å². The Morgan fingerprint density at radius 3 is 2.77 bits per heavy atom. The summed E-state index contributed by atoms with van der Waals surface area (Å²) in [7, 11) is 0. The first-order valence-corrected chi connectivity index (χ1v) is 10.3. The molecule has 31 heavy (non-hydrogen) atoms. The lowest BCUT2D eigenvalue weighted by Crippen LogP contribution is -2.29. The van der Waals surface area contributed by atoms with E-state index < -0.39 is 0 Å². The molecule has 3 aromatic heterocycles. The fourth-order valence-electron chi connectivity index (χ4n) is 3.64. The Morgan fingerprint density at radius 1 is 1.13 bits per heavy atom. The number of hydrogen-bond acceptors (Lipinski definition) is 4. The van der Waals surface area contributed by atoms with Crippen LogP contribution in [-0.4, -0.2) is 31.6 Å². The molecule has 4 rings (SSSR count). The number of amides is 1. The highest BCUT2D eigenvalue weighted by atomic mass is 16.1. The van der Waals surface area contributed by atoms with Crippen LogP contribution < -0.4 is 10.9 Å². The van der Waals surface area contributed by atoms with Gasteiger partial charge in [0.15, 0.2) is 0 Å². The zero-order valence-electron chi connectivity index (χ0n) is 17.7. The Bertz CT molecular complexity index is 1270. The summed E-state index contributed by atoms with van der Waals surface area (Å²) >= 11 is 0. The fraction of sp³-hybridized carbons (Fsp3) is 0.250. The van der Waals surface area contributed by atoms with Crippen molar-refractivity contribution in [3.8, 4) is 11.3 Å². The molecule has 1 aromatic carbocycles. The van der Waals surface area contributed by atoms with Crippen LogP contribution in [0.25, 0.3) is 16.8 Å². The molecule has 1 N–H and O–H groups in total. The second-order valence-corrected chi connectivity index (χ2v) is 7.69. The Balaban J connectivity index is 1.42. The number of nitrogens with zero attached hydrogens (tertiary/aromatic N) is 4. The zero-order chi connectivity index (χ0) is 21.8. The molecule has 158 valence electrons. The van der Waals surface area contributed by atoms with E-state index in [4.69, 9.17) is 0 Å². The molecule has 0 spiro atoms. The Labute approximate surface area is 180 Å². The van der Waals surface area contributed by atoms with Crippen LogP contribution in [0, 0.1) is 13.8 Å². The number of aryl methyl sites for hydroxylation is 3. The third kappa shape index (κ3) is 4.71. The summed E-state index contributed by atoms with van der Waals surface area (Å²) in [5, 5.41) is 7.45. The first kappa shape index (κ1) is 20.5. The number of rotatable bonds is 7. The van der Waals surface area contributed by atoms with Crippen LogP contribution in [0.2, 0.25) is 0 Å². The fourth-order valence-corrected chi connectivity index (χ4v) is 3.64. The number of carbonyl (C=O) groups is 1. The molecule has 7 heteroatoms. The van der Waals surface area contributed by atoms with Gasteiger partial charge in [0.1, 0.15) is 5.52 Å². The van der Waals surface area contributed by atoms with Crippen molar-refractivity contribution in [2.24, 2.45) is 0 Å². The number of fused-ring (bicyclic) bond motifs is 1. The predicted octanol–water partition coefficient (Wildman–Crippen LogP) is 2.92. The molecule has 0 bridgehead atoms. The second-order valence-electron chi connectivity index (χ2n) is 7.69. The van der Waals surface area contributed by atoms with E-state index in [1.54, 1.807) is 33.9 Å². The maximum Gasteiger partial charge on any atom is 0.276 e. The zero-order valence-corrected chi connectivity index (χ0v) is 17.7. The van der Waals surface area contributed by atoms with Crippen molar-refractivity contribution in [2.45, 2.75) is 33.2 Å². The summed E-state index contributed by atoms with van der Waals surface area (Å²) in [6.45, 7) is 4.95. The van der Waals surface area contributed by atoms with Crippen molar-refractivity contribution in [3.05, 3.63) is 88.2 Å². The van der Waals surface area contributed by atoms with Gasteiger partial charge >= 0.3 is 0 Å². The molecule has 7 nitrogen and oxygen atoms in total. The Morgan fingerprint density at radius 2 is 2.00 bits per heavy atom. The Kier molecular flexibility index (Phi) is 5.93. The second kappa shape index (κ2) is 8.95. The lowest BCUT2D eigenvalue weighted by molar-refractivity contribution is -0.121. The van der Waals surface area contributed by atoms with E-state index >= 15 is 0 Å². The van der Waals surface area contributed by atoms with Crippen molar-refractivity contribution in [2.75, 3.05) is 6.54 Å². The SMILES string of the molecule is Cc1ccc(-c2cc3c(=O)n(CCC(=O)NCCc4cccnc4)ccn3n2)c(C)c1. The standard InChI is InChI=1S/C24H25N5O2/c1-17-5-6-20(18(2)14-17)21-15-22-24(31)28(12-13-29(22)27-21)11-8-23(30)26-10-7-19-4-3-9-25-16-19/h3-6,9,12-16H,7-8,10-11H2,1-2H3,(H,26,30). The topological polar surface area (TPSA) is 81.3 Å².